The molecule has 16 heavy (non-hydrogen) atoms. The van der Waals surface area contributed by atoms with Crippen LogP contribution in [0, 0.1) is 0 Å². The first-order valence-electron chi connectivity index (χ1n) is 5.29. The van der Waals surface area contributed by atoms with Gasteiger partial charge in [0.05, 0.1) is 17.4 Å². The number of carbonyl (C=O) groups is 1. The molecule has 0 fully saturated rings. The number of carboxylic acid groups (broad SMARTS) is 1. The molecule has 2 N–H and O–H groups in total. The lowest BCUT2D eigenvalue weighted by Crippen LogP contribution is -2.27. The number of carboxylic acids is 1. The van der Waals surface area contributed by atoms with Gasteiger partial charge in [0.1, 0.15) is 0 Å². The van der Waals surface area contributed by atoms with E-state index in [1.54, 1.807) is 19.2 Å². The lowest BCUT2D eigenvalue weighted by molar-refractivity contribution is 0.0695. The van der Waals surface area contributed by atoms with Crippen LogP contribution in [0.4, 0.5) is 5.69 Å². The van der Waals surface area contributed by atoms with Gasteiger partial charge < -0.3 is 15.2 Å². The van der Waals surface area contributed by atoms with Crippen LogP contribution < -0.4 is 5.32 Å². The zero-order valence-electron chi connectivity index (χ0n) is 9.36. The van der Waals surface area contributed by atoms with Crippen LogP contribution in [0.3, 0.4) is 0 Å². The van der Waals surface area contributed by atoms with E-state index in [1.165, 1.54) is 0 Å². The van der Waals surface area contributed by atoms with Crippen molar-refractivity contribution in [1.29, 1.82) is 0 Å². The van der Waals surface area contributed by atoms with E-state index < -0.39 is 5.97 Å². The third-order valence-electron chi connectivity index (χ3n) is 2.92. The van der Waals surface area contributed by atoms with Crippen LogP contribution in [0.2, 0.25) is 0 Å². The number of para-hydroxylation sites is 1. The molecule has 2 unspecified atom stereocenters. The normalized spacial score (nSPS) is 23.4. The van der Waals surface area contributed by atoms with Gasteiger partial charge in [-0.2, -0.15) is 0 Å². The number of anilines is 1. The van der Waals surface area contributed by atoms with E-state index in [1.807, 2.05) is 13.0 Å². The van der Waals surface area contributed by atoms with Crippen LogP contribution in [0.15, 0.2) is 18.2 Å². The maximum atomic E-state index is 11.1. The summed E-state index contributed by atoms with van der Waals surface area (Å²) in [6, 6.07) is 5.50. The van der Waals surface area contributed by atoms with Crippen molar-refractivity contribution < 1.29 is 14.6 Å². The van der Waals surface area contributed by atoms with Crippen LogP contribution in [0.25, 0.3) is 0 Å². The number of benzene rings is 1. The smallest absolute Gasteiger partial charge is 0.337 e. The molecule has 86 valence electrons. The molecule has 1 heterocycles. The van der Waals surface area contributed by atoms with Crippen molar-refractivity contribution in [3.8, 4) is 0 Å². The van der Waals surface area contributed by atoms with E-state index in [0.717, 1.165) is 12.0 Å². The summed E-state index contributed by atoms with van der Waals surface area (Å²) >= 11 is 0. The first-order chi connectivity index (χ1) is 7.63. The molecule has 1 aliphatic rings. The lowest BCUT2D eigenvalue weighted by Gasteiger charge is -2.31. The van der Waals surface area contributed by atoms with Crippen molar-refractivity contribution in [2.75, 3.05) is 12.4 Å². The minimum atomic E-state index is -0.909. The van der Waals surface area contributed by atoms with Gasteiger partial charge in [0.2, 0.25) is 0 Å². The van der Waals surface area contributed by atoms with E-state index in [-0.39, 0.29) is 12.1 Å². The Bertz CT molecular complexity index is 417. The summed E-state index contributed by atoms with van der Waals surface area (Å²) in [5, 5.41) is 12.3. The molecule has 0 aliphatic carbocycles. The average Bonchev–Trinajstić information content (AvgIpc) is 2.26. The highest BCUT2D eigenvalue weighted by atomic mass is 16.5. The van der Waals surface area contributed by atoms with Gasteiger partial charge in [-0.3, -0.25) is 0 Å². The van der Waals surface area contributed by atoms with E-state index in [4.69, 9.17) is 9.84 Å². The molecule has 4 heteroatoms. The molecule has 0 radical (unpaired) electrons. The number of ether oxygens (including phenoxy) is 1. The van der Waals surface area contributed by atoms with Crippen LogP contribution in [-0.4, -0.2) is 24.2 Å². The van der Waals surface area contributed by atoms with Gasteiger partial charge in [0.25, 0.3) is 0 Å². The minimum Gasteiger partial charge on any atom is -0.478 e. The van der Waals surface area contributed by atoms with Crippen molar-refractivity contribution in [1.82, 2.24) is 0 Å². The van der Waals surface area contributed by atoms with Gasteiger partial charge in [-0.1, -0.05) is 12.1 Å². The predicted molar refractivity (Wildman–Crippen MR) is 60.9 cm³/mol. The summed E-state index contributed by atoms with van der Waals surface area (Å²) in [7, 11) is 1.65. The highest BCUT2D eigenvalue weighted by molar-refractivity contribution is 5.95. The number of aromatic carboxylic acids is 1. The highest BCUT2D eigenvalue weighted by Gasteiger charge is 2.27. The highest BCUT2D eigenvalue weighted by Crippen LogP contribution is 2.36. The van der Waals surface area contributed by atoms with Gasteiger partial charge in [-0.15, -0.1) is 0 Å². The maximum absolute atomic E-state index is 11.1. The summed E-state index contributed by atoms with van der Waals surface area (Å²) < 4.78 is 5.39. The molecule has 1 aliphatic heterocycles. The molecule has 4 nitrogen and oxygen atoms in total. The fraction of sp³-hybridized carbons (Fsp3) is 0.417. The number of methoxy groups -OCH3 is 1. The minimum absolute atomic E-state index is 0.0226. The topological polar surface area (TPSA) is 58.6 Å². The second-order valence-electron chi connectivity index (χ2n) is 4.08. The quantitative estimate of drug-likeness (QED) is 0.804. The summed E-state index contributed by atoms with van der Waals surface area (Å²) in [5.41, 5.74) is 1.94. The standard InChI is InChI=1S/C12H15NO3/c1-7-6-10(16-2)8-4-3-5-9(12(14)15)11(8)13-7/h3-5,7,10,13H,6H2,1-2H3,(H,14,15). The Morgan fingerprint density at radius 3 is 2.94 bits per heavy atom. The summed E-state index contributed by atoms with van der Waals surface area (Å²) in [4.78, 5) is 11.1. The Balaban J connectivity index is 2.52. The molecule has 2 atom stereocenters. The predicted octanol–water partition coefficient (Wildman–Crippen LogP) is 2.28. The third kappa shape index (κ3) is 1.76. The van der Waals surface area contributed by atoms with Crippen LogP contribution >= 0.6 is 0 Å². The second kappa shape index (κ2) is 4.14. The molecular weight excluding hydrogens is 206 g/mol. The Morgan fingerprint density at radius 2 is 2.31 bits per heavy atom. The molecule has 1 aromatic carbocycles. The van der Waals surface area contributed by atoms with Crippen molar-refractivity contribution >= 4 is 11.7 Å². The second-order valence-corrected chi connectivity index (χ2v) is 4.08. The van der Waals surface area contributed by atoms with Crippen LogP contribution in [0.5, 0.6) is 0 Å². The Hall–Kier alpha value is -1.55. The number of rotatable bonds is 2. The summed E-state index contributed by atoms with van der Waals surface area (Å²) in [5.74, 6) is -0.909. The number of nitrogens with one attached hydrogen (secondary N) is 1. The van der Waals surface area contributed by atoms with Gasteiger partial charge in [0, 0.05) is 18.7 Å². The molecule has 1 aromatic rings. The fourth-order valence-electron chi connectivity index (χ4n) is 2.15. The van der Waals surface area contributed by atoms with Gasteiger partial charge in [-0.05, 0) is 19.4 Å². The van der Waals surface area contributed by atoms with Crippen molar-refractivity contribution in [2.45, 2.75) is 25.5 Å². The van der Waals surface area contributed by atoms with Crippen LogP contribution in [-0.2, 0) is 4.74 Å². The Morgan fingerprint density at radius 1 is 1.56 bits per heavy atom. The van der Waals surface area contributed by atoms with Crippen molar-refractivity contribution in [2.24, 2.45) is 0 Å². The molecule has 0 aromatic heterocycles. The number of hydrogen-bond donors (Lipinski definition) is 2. The maximum Gasteiger partial charge on any atom is 0.337 e. The Kier molecular flexibility index (Phi) is 2.83. The molecule has 0 saturated carbocycles. The summed E-state index contributed by atoms with van der Waals surface area (Å²) in [6.07, 6.45) is 0.831. The zero-order valence-corrected chi connectivity index (χ0v) is 9.36. The monoisotopic (exact) mass is 221 g/mol. The molecule has 2 rings (SSSR count). The molecular formula is C12H15NO3. The third-order valence-corrected chi connectivity index (χ3v) is 2.92. The summed E-state index contributed by atoms with van der Waals surface area (Å²) in [6.45, 7) is 2.02. The SMILES string of the molecule is COC1CC(C)Nc2c(C(=O)O)cccc21. The molecule has 0 amide bonds. The van der Waals surface area contributed by atoms with E-state index >= 15 is 0 Å². The Labute approximate surface area is 94.2 Å². The number of fused-ring (bicyclic) bond motifs is 1. The van der Waals surface area contributed by atoms with Gasteiger partial charge in [0.15, 0.2) is 0 Å². The lowest BCUT2D eigenvalue weighted by atomic mass is 9.93. The zero-order chi connectivity index (χ0) is 11.7. The fourth-order valence-corrected chi connectivity index (χ4v) is 2.15. The van der Waals surface area contributed by atoms with Crippen molar-refractivity contribution in [3.63, 3.8) is 0 Å². The largest absolute Gasteiger partial charge is 0.478 e. The molecule has 0 spiro atoms. The first kappa shape index (κ1) is 11.0. The average molecular weight is 221 g/mol. The van der Waals surface area contributed by atoms with E-state index in [0.29, 0.717) is 11.3 Å². The number of hydrogen-bond acceptors (Lipinski definition) is 3. The van der Waals surface area contributed by atoms with Gasteiger partial charge >= 0.3 is 5.97 Å². The van der Waals surface area contributed by atoms with Gasteiger partial charge in [-0.25, -0.2) is 4.79 Å². The van der Waals surface area contributed by atoms with Crippen molar-refractivity contribution in [3.05, 3.63) is 29.3 Å². The van der Waals surface area contributed by atoms with E-state index in [9.17, 15) is 4.79 Å². The molecule has 0 bridgehead atoms. The van der Waals surface area contributed by atoms with E-state index in [2.05, 4.69) is 5.32 Å². The first-order valence-corrected chi connectivity index (χ1v) is 5.29. The molecule has 0 saturated heterocycles. The van der Waals surface area contributed by atoms with Crippen LogP contribution in [0.1, 0.15) is 35.4 Å².